The lowest BCUT2D eigenvalue weighted by atomic mass is 10.1. The molecular weight excluding hydrogens is 370 g/mol. The van der Waals surface area contributed by atoms with Gasteiger partial charge in [0, 0.05) is 13.2 Å². The molecule has 0 aromatic carbocycles. The Morgan fingerprint density at radius 1 is 1.17 bits per heavy atom. The summed E-state index contributed by atoms with van der Waals surface area (Å²) in [4.78, 5) is 19.1. The maximum atomic E-state index is 12.7. The van der Waals surface area contributed by atoms with E-state index >= 15 is 0 Å². The zero-order valence-corrected chi connectivity index (χ0v) is 16.0. The number of hydrogen-bond donors (Lipinski definition) is 1. The van der Waals surface area contributed by atoms with Gasteiger partial charge < -0.3 is 15.0 Å². The molecule has 0 unspecified atom stereocenters. The smallest absolute Gasteiger partial charge is 0.261 e. The number of carbonyl (C=O) groups is 1. The Balaban J connectivity index is 1.24. The molecule has 2 aliphatic rings. The third kappa shape index (κ3) is 3.63. The van der Waals surface area contributed by atoms with E-state index in [1.54, 1.807) is 23.1 Å². The van der Waals surface area contributed by atoms with E-state index in [9.17, 15) is 4.79 Å². The van der Waals surface area contributed by atoms with Crippen LogP contribution in [0.15, 0.2) is 43.1 Å². The molecule has 1 N–H and O–H groups in total. The Labute approximate surface area is 167 Å². The molecule has 4 heterocycles. The second kappa shape index (κ2) is 7.16. The monoisotopic (exact) mass is 391 g/mol. The fourth-order valence-electron chi connectivity index (χ4n) is 3.55. The summed E-state index contributed by atoms with van der Waals surface area (Å²) in [5.74, 6) is 2.00. The van der Waals surface area contributed by atoms with Gasteiger partial charge in [-0.15, -0.1) is 0 Å². The molecule has 0 radical (unpaired) electrons. The summed E-state index contributed by atoms with van der Waals surface area (Å²) in [5, 5.41) is 14.6. The molecule has 0 bridgehead atoms. The van der Waals surface area contributed by atoms with Crippen LogP contribution in [-0.4, -0.2) is 50.1 Å². The first-order valence-electron chi connectivity index (χ1n) is 9.64. The van der Waals surface area contributed by atoms with Gasteiger partial charge in [0.1, 0.15) is 23.2 Å². The number of aromatic nitrogens is 5. The Morgan fingerprint density at radius 2 is 2.03 bits per heavy atom. The second-order valence-corrected chi connectivity index (χ2v) is 7.46. The van der Waals surface area contributed by atoms with Crippen LogP contribution in [0.3, 0.4) is 0 Å². The molecule has 3 aromatic heterocycles. The van der Waals surface area contributed by atoms with Gasteiger partial charge in [-0.2, -0.15) is 15.3 Å². The van der Waals surface area contributed by atoms with E-state index in [2.05, 4.69) is 36.6 Å². The molecule has 9 heteroatoms. The molecule has 9 nitrogen and oxygen atoms in total. The number of rotatable bonds is 6. The normalized spacial score (nSPS) is 16.4. The summed E-state index contributed by atoms with van der Waals surface area (Å²) < 4.78 is 7.80. The standard InChI is InChI=1S/C20H21N7O2/c1-26-20(18(10-24-26)19(28)25-15-4-5-22-23-8-15)27-11-17(12-27)29-16-6-14(7-21-9-16)13-2-3-13/h4-10,13,17H,2-3,11-12H2,1H3,(H,22,25,28). The summed E-state index contributed by atoms with van der Waals surface area (Å²) in [6, 6.07) is 3.79. The van der Waals surface area contributed by atoms with Gasteiger partial charge in [0.25, 0.3) is 5.91 Å². The lowest BCUT2D eigenvalue weighted by molar-refractivity contribution is 0.102. The lowest BCUT2D eigenvalue weighted by Crippen LogP contribution is -2.55. The minimum atomic E-state index is -0.230. The van der Waals surface area contributed by atoms with Crippen LogP contribution in [-0.2, 0) is 7.05 Å². The average molecular weight is 391 g/mol. The number of nitrogens with one attached hydrogen (secondary N) is 1. The summed E-state index contributed by atoms with van der Waals surface area (Å²) in [7, 11) is 1.83. The number of aryl methyl sites for hydroxylation is 1. The number of ether oxygens (including phenoxy) is 1. The highest BCUT2D eigenvalue weighted by atomic mass is 16.5. The molecule has 5 rings (SSSR count). The number of nitrogens with zero attached hydrogens (tertiary/aromatic N) is 6. The van der Waals surface area contributed by atoms with Gasteiger partial charge >= 0.3 is 0 Å². The van der Waals surface area contributed by atoms with Crippen LogP contribution < -0.4 is 15.0 Å². The first-order chi connectivity index (χ1) is 14.2. The minimum absolute atomic E-state index is 0.0569. The maximum Gasteiger partial charge on any atom is 0.261 e. The SMILES string of the molecule is Cn1ncc(C(=O)Nc2ccnnc2)c1N1CC(Oc2cncc(C3CC3)c2)C1. The Hall–Kier alpha value is -3.49. The van der Waals surface area contributed by atoms with Crippen LogP contribution in [0.25, 0.3) is 0 Å². The van der Waals surface area contributed by atoms with Crippen molar-refractivity contribution in [2.45, 2.75) is 24.9 Å². The molecule has 3 aromatic rings. The van der Waals surface area contributed by atoms with Crippen molar-refractivity contribution >= 4 is 17.4 Å². The molecule has 1 saturated heterocycles. The molecule has 148 valence electrons. The summed E-state index contributed by atoms with van der Waals surface area (Å²) in [5.41, 5.74) is 2.36. The van der Waals surface area contributed by atoms with E-state index in [1.807, 2.05) is 13.2 Å². The van der Waals surface area contributed by atoms with E-state index in [-0.39, 0.29) is 12.0 Å². The number of amides is 1. The summed E-state index contributed by atoms with van der Waals surface area (Å²) in [6.45, 7) is 1.37. The number of pyridine rings is 1. The fourth-order valence-corrected chi connectivity index (χ4v) is 3.55. The van der Waals surface area contributed by atoms with E-state index in [0.29, 0.717) is 30.3 Å². The number of anilines is 2. The minimum Gasteiger partial charge on any atom is -0.485 e. The van der Waals surface area contributed by atoms with Gasteiger partial charge in [0.15, 0.2) is 0 Å². The summed E-state index contributed by atoms with van der Waals surface area (Å²) in [6.07, 6.45) is 10.8. The van der Waals surface area contributed by atoms with Crippen LogP contribution in [0.4, 0.5) is 11.5 Å². The topological polar surface area (TPSA) is 98.1 Å². The van der Waals surface area contributed by atoms with Gasteiger partial charge in [-0.1, -0.05) is 0 Å². The van der Waals surface area contributed by atoms with Gasteiger partial charge in [0.05, 0.1) is 43.6 Å². The summed E-state index contributed by atoms with van der Waals surface area (Å²) >= 11 is 0. The number of hydrogen-bond acceptors (Lipinski definition) is 7. The molecule has 1 amide bonds. The van der Waals surface area contributed by atoms with Crippen molar-refractivity contribution in [3.8, 4) is 5.75 Å². The van der Waals surface area contributed by atoms with E-state index in [4.69, 9.17) is 4.74 Å². The van der Waals surface area contributed by atoms with E-state index in [0.717, 1.165) is 11.6 Å². The van der Waals surface area contributed by atoms with Gasteiger partial charge in [0.2, 0.25) is 0 Å². The highest BCUT2D eigenvalue weighted by Crippen LogP contribution is 2.40. The van der Waals surface area contributed by atoms with Gasteiger partial charge in [-0.05, 0) is 36.5 Å². The Kier molecular flexibility index (Phi) is 4.34. The zero-order chi connectivity index (χ0) is 19.8. The predicted molar refractivity (Wildman–Crippen MR) is 106 cm³/mol. The third-order valence-electron chi connectivity index (χ3n) is 5.23. The van der Waals surface area contributed by atoms with Crippen molar-refractivity contribution in [1.29, 1.82) is 0 Å². The van der Waals surface area contributed by atoms with Crippen molar-refractivity contribution in [1.82, 2.24) is 25.0 Å². The van der Waals surface area contributed by atoms with Crippen molar-refractivity contribution < 1.29 is 9.53 Å². The van der Waals surface area contributed by atoms with Gasteiger partial charge in [-0.3, -0.25) is 14.5 Å². The molecular formula is C20H21N7O2. The van der Waals surface area contributed by atoms with E-state index in [1.165, 1.54) is 30.8 Å². The Morgan fingerprint density at radius 3 is 2.79 bits per heavy atom. The van der Waals surface area contributed by atoms with Crippen molar-refractivity contribution in [3.63, 3.8) is 0 Å². The third-order valence-corrected chi connectivity index (χ3v) is 5.23. The molecule has 1 aliphatic heterocycles. The first kappa shape index (κ1) is 17.6. The molecule has 0 spiro atoms. The molecule has 1 aliphatic carbocycles. The average Bonchev–Trinajstić information content (AvgIpc) is 3.48. The zero-order valence-electron chi connectivity index (χ0n) is 16.0. The van der Waals surface area contributed by atoms with Crippen molar-refractivity contribution in [2.75, 3.05) is 23.3 Å². The van der Waals surface area contributed by atoms with Crippen LogP contribution in [0, 0.1) is 0 Å². The highest BCUT2D eigenvalue weighted by molar-refractivity contribution is 6.07. The quantitative estimate of drug-likeness (QED) is 0.686. The van der Waals surface area contributed by atoms with Crippen LogP contribution in [0.1, 0.15) is 34.7 Å². The van der Waals surface area contributed by atoms with Crippen molar-refractivity contribution in [2.24, 2.45) is 7.05 Å². The predicted octanol–water partition coefficient (Wildman–Crippen LogP) is 2.00. The first-order valence-corrected chi connectivity index (χ1v) is 9.64. The van der Waals surface area contributed by atoms with E-state index < -0.39 is 0 Å². The Bertz CT molecular complexity index is 1030. The largest absolute Gasteiger partial charge is 0.485 e. The van der Waals surface area contributed by atoms with Crippen LogP contribution in [0.2, 0.25) is 0 Å². The van der Waals surface area contributed by atoms with Crippen LogP contribution >= 0.6 is 0 Å². The molecule has 1 saturated carbocycles. The van der Waals surface area contributed by atoms with Crippen LogP contribution in [0.5, 0.6) is 5.75 Å². The molecule has 29 heavy (non-hydrogen) atoms. The lowest BCUT2D eigenvalue weighted by Gasteiger charge is -2.40. The molecule has 0 atom stereocenters. The van der Waals surface area contributed by atoms with Crippen molar-refractivity contribution in [3.05, 3.63) is 54.2 Å². The van der Waals surface area contributed by atoms with Gasteiger partial charge in [-0.25, -0.2) is 0 Å². The maximum absolute atomic E-state index is 12.7. The molecule has 2 fully saturated rings. The highest BCUT2D eigenvalue weighted by Gasteiger charge is 2.34. The second-order valence-electron chi connectivity index (χ2n) is 7.46. The fraction of sp³-hybridized carbons (Fsp3) is 0.350. The number of carbonyl (C=O) groups excluding carboxylic acids is 1.